The molecule has 2 aromatic heterocycles. The molecular weight excluding hydrogens is 262 g/mol. The Hall–Kier alpha value is -1.99. The molecule has 2 heterocycles. The van der Waals surface area contributed by atoms with Crippen molar-refractivity contribution >= 4 is 28.2 Å². The van der Waals surface area contributed by atoms with Crippen molar-refractivity contribution in [1.82, 2.24) is 9.97 Å². The van der Waals surface area contributed by atoms with Crippen LogP contribution >= 0.6 is 11.3 Å². The maximum Gasteiger partial charge on any atom is 0.276 e. The number of nitrogens with one attached hydrogen (secondary N) is 2. The average molecular weight is 275 g/mol. The molecular formula is C12H13N5OS. The van der Waals surface area contributed by atoms with Gasteiger partial charge in [-0.15, -0.1) is 11.3 Å². The predicted molar refractivity (Wildman–Crippen MR) is 74.1 cm³/mol. The van der Waals surface area contributed by atoms with E-state index in [-0.39, 0.29) is 5.91 Å². The minimum Gasteiger partial charge on any atom is -0.308 e. The quantitative estimate of drug-likeness (QED) is 0.584. The highest BCUT2D eigenvalue weighted by molar-refractivity contribution is 7.15. The number of pyridine rings is 1. The molecule has 0 spiro atoms. The van der Waals surface area contributed by atoms with Crippen molar-refractivity contribution in [3.63, 3.8) is 0 Å². The van der Waals surface area contributed by atoms with Crippen molar-refractivity contribution < 1.29 is 4.79 Å². The van der Waals surface area contributed by atoms with Gasteiger partial charge in [-0.1, -0.05) is 6.07 Å². The second-order valence-corrected chi connectivity index (χ2v) is 5.33. The number of amides is 1. The van der Waals surface area contributed by atoms with Crippen LogP contribution in [0.3, 0.4) is 0 Å². The molecule has 7 heteroatoms. The molecule has 0 saturated carbocycles. The third-order valence-electron chi connectivity index (χ3n) is 2.95. The number of nitrogens with zero attached hydrogens (tertiary/aromatic N) is 2. The average Bonchev–Trinajstić information content (AvgIpc) is 2.99. The molecule has 6 nitrogen and oxygen atoms in total. The fraction of sp³-hybridized carbons (Fsp3) is 0.250. The molecule has 2 aromatic rings. The summed E-state index contributed by atoms with van der Waals surface area (Å²) in [6.45, 7) is 0. The van der Waals surface area contributed by atoms with Crippen molar-refractivity contribution in [3.8, 4) is 0 Å². The summed E-state index contributed by atoms with van der Waals surface area (Å²) >= 11 is 1.54. The summed E-state index contributed by atoms with van der Waals surface area (Å²) in [5, 5.41) is 3.42. The van der Waals surface area contributed by atoms with Crippen LogP contribution in [0.4, 0.5) is 10.9 Å². The fourth-order valence-corrected chi connectivity index (χ4v) is 3.09. The first-order valence-electron chi connectivity index (χ1n) is 6.00. The third-order valence-corrected chi connectivity index (χ3v) is 4.02. The number of thiazole rings is 1. The topological polar surface area (TPSA) is 92.9 Å². The Morgan fingerprint density at radius 2 is 2.21 bits per heavy atom. The summed E-state index contributed by atoms with van der Waals surface area (Å²) in [6, 6.07) is 5.05. The van der Waals surface area contributed by atoms with E-state index < -0.39 is 0 Å². The highest BCUT2D eigenvalue weighted by atomic mass is 32.1. The van der Waals surface area contributed by atoms with Gasteiger partial charge in [0.2, 0.25) is 0 Å². The number of aryl methyl sites for hydroxylation is 2. The Kier molecular flexibility index (Phi) is 3.14. The number of hydrogen-bond acceptors (Lipinski definition) is 6. The van der Waals surface area contributed by atoms with Crippen LogP contribution in [0.25, 0.3) is 0 Å². The minimum absolute atomic E-state index is 0.274. The molecule has 0 unspecified atom stereocenters. The summed E-state index contributed by atoms with van der Waals surface area (Å²) in [5.74, 6) is 5.45. The van der Waals surface area contributed by atoms with Gasteiger partial charge in [0.1, 0.15) is 11.5 Å². The lowest BCUT2D eigenvalue weighted by molar-refractivity contribution is 0.102. The number of nitrogen functional groups attached to an aromatic ring is 1. The molecule has 0 aromatic carbocycles. The number of hydrazine groups is 1. The summed E-state index contributed by atoms with van der Waals surface area (Å²) in [7, 11) is 0. The fourth-order valence-electron chi connectivity index (χ4n) is 2.05. The standard InChI is InChI=1S/C12H13N5OS/c13-17-10-6-2-4-8(14-10)11(18)16-12-15-7-3-1-5-9(7)19-12/h2,4,6H,1,3,5,13H2,(H,14,17)(H,15,16,18). The van der Waals surface area contributed by atoms with Crippen molar-refractivity contribution in [3.05, 3.63) is 34.5 Å². The zero-order chi connectivity index (χ0) is 13.2. The SMILES string of the molecule is NNc1cccc(C(=O)Nc2nc3c(s2)CCC3)n1. The molecule has 0 fully saturated rings. The highest BCUT2D eigenvalue weighted by Crippen LogP contribution is 2.30. The molecule has 98 valence electrons. The summed E-state index contributed by atoms with van der Waals surface area (Å²) in [4.78, 5) is 21.8. The summed E-state index contributed by atoms with van der Waals surface area (Å²) < 4.78 is 0. The monoisotopic (exact) mass is 275 g/mol. The summed E-state index contributed by atoms with van der Waals surface area (Å²) in [6.07, 6.45) is 3.23. The van der Waals surface area contributed by atoms with Crippen LogP contribution in [0.1, 0.15) is 27.5 Å². The first kappa shape index (κ1) is 12.1. The van der Waals surface area contributed by atoms with Crippen LogP contribution in [-0.2, 0) is 12.8 Å². The molecule has 1 aliphatic rings. The molecule has 4 N–H and O–H groups in total. The minimum atomic E-state index is -0.274. The zero-order valence-electron chi connectivity index (χ0n) is 10.1. The van der Waals surface area contributed by atoms with Gasteiger partial charge in [0.15, 0.2) is 5.13 Å². The van der Waals surface area contributed by atoms with E-state index in [0.29, 0.717) is 16.6 Å². The van der Waals surface area contributed by atoms with E-state index in [1.165, 1.54) is 4.88 Å². The van der Waals surface area contributed by atoms with E-state index in [2.05, 4.69) is 20.7 Å². The number of fused-ring (bicyclic) bond motifs is 1. The van der Waals surface area contributed by atoms with Crippen molar-refractivity contribution in [2.45, 2.75) is 19.3 Å². The molecule has 19 heavy (non-hydrogen) atoms. The van der Waals surface area contributed by atoms with Gasteiger partial charge in [-0.3, -0.25) is 10.1 Å². The predicted octanol–water partition coefficient (Wildman–Crippen LogP) is 1.56. The van der Waals surface area contributed by atoms with Gasteiger partial charge in [0.05, 0.1) is 5.69 Å². The lowest BCUT2D eigenvalue weighted by atomic mass is 10.3. The highest BCUT2D eigenvalue weighted by Gasteiger charge is 2.18. The van der Waals surface area contributed by atoms with E-state index in [1.807, 2.05) is 0 Å². The lowest BCUT2D eigenvalue weighted by Gasteiger charge is -2.03. The third kappa shape index (κ3) is 2.42. The van der Waals surface area contributed by atoms with Gasteiger partial charge in [-0.2, -0.15) is 0 Å². The molecule has 0 bridgehead atoms. The molecule has 0 atom stereocenters. The van der Waals surface area contributed by atoms with E-state index in [0.717, 1.165) is 25.0 Å². The first-order valence-corrected chi connectivity index (χ1v) is 6.81. The normalized spacial score (nSPS) is 13.1. The van der Waals surface area contributed by atoms with Crippen LogP contribution < -0.4 is 16.6 Å². The second kappa shape index (κ2) is 4.94. The molecule has 1 aliphatic carbocycles. The Balaban J connectivity index is 1.76. The molecule has 0 aliphatic heterocycles. The second-order valence-electron chi connectivity index (χ2n) is 4.25. The van der Waals surface area contributed by atoms with E-state index in [1.54, 1.807) is 29.5 Å². The maximum absolute atomic E-state index is 12.0. The van der Waals surface area contributed by atoms with Gasteiger partial charge in [0, 0.05) is 4.88 Å². The van der Waals surface area contributed by atoms with Gasteiger partial charge in [-0.25, -0.2) is 15.8 Å². The van der Waals surface area contributed by atoms with Crippen LogP contribution in [0, 0.1) is 0 Å². The van der Waals surface area contributed by atoms with Crippen molar-refractivity contribution in [2.75, 3.05) is 10.7 Å². The zero-order valence-corrected chi connectivity index (χ0v) is 11.0. The number of nitrogens with two attached hydrogens (primary N) is 1. The number of anilines is 2. The molecule has 0 saturated heterocycles. The Morgan fingerprint density at radius 1 is 1.32 bits per heavy atom. The largest absolute Gasteiger partial charge is 0.308 e. The van der Waals surface area contributed by atoms with Gasteiger partial charge < -0.3 is 5.43 Å². The van der Waals surface area contributed by atoms with E-state index >= 15 is 0 Å². The number of aromatic nitrogens is 2. The lowest BCUT2D eigenvalue weighted by Crippen LogP contribution is -2.16. The van der Waals surface area contributed by atoms with Gasteiger partial charge in [0.25, 0.3) is 5.91 Å². The van der Waals surface area contributed by atoms with Crippen LogP contribution in [-0.4, -0.2) is 15.9 Å². The first-order chi connectivity index (χ1) is 9.26. The number of carbonyl (C=O) groups excluding carboxylic acids is 1. The number of hydrogen-bond donors (Lipinski definition) is 3. The van der Waals surface area contributed by atoms with Gasteiger partial charge in [-0.05, 0) is 31.4 Å². The Morgan fingerprint density at radius 3 is 3.00 bits per heavy atom. The Labute approximate surface area is 114 Å². The van der Waals surface area contributed by atoms with Crippen LogP contribution in [0.5, 0.6) is 0 Å². The maximum atomic E-state index is 12.0. The molecule has 1 amide bonds. The molecule has 3 rings (SSSR count). The number of carbonyl (C=O) groups is 1. The van der Waals surface area contributed by atoms with E-state index in [9.17, 15) is 4.79 Å². The summed E-state index contributed by atoms with van der Waals surface area (Å²) in [5.41, 5.74) is 3.84. The van der Waals surface area contributed by atoms with Crippen molar-refractivity contribution in [1.29, 1.82) is 0 Å². The Bertz CT molecular complexity index is 603. The van der Waals surface area contributed by atoms with Crippen LogP contribution in [0.2, 0.25) is 0 Å². The van der Waals surface area contributed by atoms with E-state index in [4.69, 9.17) is 5.84 Å². The van der Waals surface area contributed by atoms with Gasteiger partial charge >= 0.3 is 0 Å². The molecule has 0 radical (unpaired) electrons. The smallest absolute Gasteiger partial charge is 0.276 e. The number of rotatable bonds is 3. The van der Waals surface area contributed by atoms with Crippen molar-refractivity contribution in [2.24, 2.45) is 5.84 Å². The van der Waals surface area contributed by atoms with Crippen LogP contribution in [0.15, 0.2) is 18.2 Å².